The fraction of sp³-hybridized carbons (Fsp3) is 0.182. The van der Waals surface area contributed by atoms with E-state index in [1.807, 2.05) is 85.8 Å². The van der Waals surface area contributed by atoms with Crippen molar-refractivity contribution in [1.82, 2.24) is 14.5 Å². The van der Waals surface area contributed by atoms with Crippen LogP contribution >= 0.6 is 0 Å². The van der Waals surface area contributed by atoms with Gasteiger partial charge in [-0.05, 0) is 67.8 Å². The first-order valence-electron chi connectivity index (χ1n) is 14.0. The molecule has 0 radical (unpaired) electrons. The maximum atomic E-state index is 13.5. The Morgan fingerprint density at radius 3 is 2.19 bits per heavy atom. The minimum Gasteiger partial charge on any atom is -0.338 e. The van der Waals surface area contributed by atoms with Crippen LogP contribution in [-0.4, -0.2) is 41.9 Å². The third kappa shape index (κ3) is 5.61. The van der Waals surface area contributed by atoms with Crippen LogP contribution in [0.5, 0.6) is 0 Å². The average Bonchev–Trinajstić information content (AvgIpc) is 3.03. The number of carbonyl (C=O) groups excluding carboxylic acids is 1. The molecular formula is C33H31N5O3S. The Morgan fingerprint density at radius 1 is 0.762 bits per heavy atom. The molecule has 1 saturated heterocycles. The highest BCUT2D eigenvalue weighted by Gasteiger charge is 2.28. The number of para-hydroxylation sites is 1. The highest BCUT2D eigenvalue weighted by atomic mass is 32.2. The summed E-state index contributed by atoms with van der Waals surface area (Å²) in [4.78, 5) is 12.9. The first-order valence-corrected chi connectivity index (χ1v) is 15.4. The predicted octanol–water partition coefficient (Wildman–Crippen LogP) is 6.78. The lowest BCUT2D eigenvalue weighted by atomic mass is 10.0. The number of nitrogens with zero attached hydrogens (tertiary/aromatic N) is 3. The zero-order valence-electron chi connectivity index (χ0n) is 23.2. The van der Waals surface area contributed by atoms with Crippen LogP contribution in [0.3, 0.4) is 0 Å². The van der Waals surface area contributed by atoms with Crippen LogP contribution in [0.2, 0.25) is 0 Å². The number of hydrogen-bond acceptors (Lipinski definition) is 6. The van der Waals surface area contributed by atoms with Crippen molar-refractivity contribution in [3.8, 4) is 11.3 Å². The molecule has 1 aliphatic rings. The summed E-state index contributed by atoms with van der Waals surface area (Å²) < 4.78 is 28.6. The number of aromatic nitrogens is 2. The Labute approximate surface area is 245 Å². The summed E-state index contributed by atoms with van der Waals surface area (Å²) in [6.07, 6.45) is 2.82. The quantitative estimate of drug-likeness (QED) is 0.221. The van der Waals surface area contributed by atoms with Crippen LogP contribution in [0, 0.1) is 6.92 Å². The SMILES string of the molecule is Cc1ccc(-c2nnc(Nc3ccc(C(=O)Nc4ccccc4)cc3)c3ccccc23)cc1S(=O)(=O)N1CCCCC1. The molecule has 4 aromatic carbocycles. The van der Waals surface area contributed by atoms with Crippen molar-refractivity contribution in [1.29, 1.82) is 0 Å². The highest BCUT2D eigenvalue weighted by Crippen LogP contribution is 2.34. The van der Waals surface area contributed by atoms with Crippen LogP contribution in [-0.2, 0) is 10.0 Å². The summed E-state index contributed by atoms with van der Waals surface area (Å²) >= 11 is 0. The third-order valence-corrected chi connectivity index (χ3v) is 9.56. The standard InChI is InChI=1S/C33H31N5O3S/c1-23-14-15-25(22-30(23)42(40,41)38-20-8-3-9-21-38)31-28-12-6-7-13-29(28)32(37-36-31)34-27-18-16-24(17-19-27)33(39)35-26-10-4-2-5-11-26/h2,4-7,10-19,22H,3,8-9,20-21H2,1H3,(H,34,37)(H,35,39). The van der Waals surface area contributed by atoms with Gasteiger partial charge in [0.25, 0.3) is 5.91 Å². The van der Waals surface area contributed by atoms with E-state index >= 15 is 0 Å². The fourth-order valence-electron chi connectivity index (χ4n) is 5.25. The van der Waals surface area contributed by atoms with Crippen molar-refractivity contribution in [2.75, 3.05) is 23.7 Å². The van der Waals surface area contributed by atoms with Crippen LogP contribution in [0.15, 0.2) is 102 Å². The lowest BCUT2D eigenvalue weighted by Gasteiger charge is -2.26. The maximum absolute atomic E-state index is 13.5. The normalized spacial score (nSPS) is 14.0. The van der Waals surface area contributed by atoms with Gasteiger partial charge < -0.3 is 10.6 Å². The van der Waals surface area contributed by atoms with E-state index in [-0.39, 0.29) is 5.91 Å². The largest absolute Gasteiger partial charge is 0.338 e. The number of hydrogen-bond donors (Lipinski definition) is 2. The van der Waals surface area contributed by atoms with Crippen molar-refractivity contribution in [3.63, 3.8) is 0 Å². The van der Waals surface area contributed by atoms with Crippen molar-refractivity contribution >= 4 is 43.9 Å². The Bertz CT molecular complexity index is 1850. The topological polar surface area (TPSA) is 104 Å². The second-order valence-corrected chi connectivity index (χ2v) is 12.3. The summed E-state index contributed by atoms with van der Waals surface area (Å²) in [5.41, 5.74) is 4.03. The molecule has 1 fully saturated rings. The van der Waals surface area contributed by atoms with Gasteiger partial charge >= 0.3 is 0 Å². The molecule has 212 valence electrons. The number of rotatable bonds is 7. The minimum absolute atomic E-state index is 0.192. The second-order valence-electron chi connectivity index (χ2n) is 10.4. The molecule has 8 nitrogen and oxygen atoms in total. The number of amides is 1. The smallest absolute Gasteiger partial charge is 0.255 e. The van der Waals surface area contributed by atoms with Gasteiger partial charge in [-0.15, -0.1) is 10.2 Å². The molecule has 1 aliphatic heterocycles. The number of carbonyl (C=O) groups is 1. The summed E-state index contributed by atoms with van der Waals surface area (Å²) in [6.45, 7) is 2.93. The molecule has 0 unspecified atom stereocenters. The fourth-order valence-corrected chi connectivity index (χ4v) is 7.01. The first kappa shape index (κ1) is 27.6. The number of piperidine rings is 1. The molecule has 0 spiro atoms. The van der Waals surface area contributed by atoms with Gasteiger partial charge in [-0.3, -0.25) is 4.79 Å². The Kier molecular flexibility index (Phi) is 7.69. The van der Waals surface area contributed by atoms with Crippen LogP contribution < -0.4 is 10.6 Å². The summed E-state index contributed by atoms with van der Waals surface area (Å²) in [5, 5.41) is 16.9. The van der Waals surface area contributed by atoms with Gasteiger partial charge in [-0.2, -0.15) is 4.31 Å². The molecule has 1 amide bonds. The van der Waals surface area contributed by atoms with Crippen LogP contribution in [0.4, 0.5) is 17.2 Å². The zero-order chi connectivity index (χ0) is 29.1. The average molecular weight is 578 g/mol. The minimum atomic E-state index is -3.61. The predicted molar refractivity (Wildman–Crippen MR) is 166 cm³/mol. The van der Waals surface area contributed by atoms with E-state index in [9.17, 15) is 13.2 Å². The maximum Gasteiger partial charge on any atom is 0.255 e. The van der Waals surface area contributed by atoms with Crippen LogP contribution in [0.25, 0.3) is 22.0 Å². The lowest BCUT2D eigenvalue weighted by molar-refractivity contribution is 0.102. The molecule has 2 N–H and O–H groups in total. The van der Waals surface area contributed by atoms with E-state index in [0.717, 1.165) is 41.4 Å². The van der Waals surface area contributed by atoms with Crippen molar-refractivity contribution in [2.24, 2.45) is 0 Å². The summed E-state index contributed by atoms with van der Waals surface area (Å²) in [7, 11) is -3.61. The van der Waals surface area contributed by atoms with Gasteiger partial charge in [0.2, 0.25) is 10.0 Å². The monoisotopic (exact) mass is 577 g/mol. The molecule has 2 heterocycles. The van der Waals surface area contributed by atoms with Crippen molar-refractivity contribution in [3.05, 3.63) is 108 Å². The van der Waals surface area contributed by atoms with E-state index in [1.165, 1.54) is 0 Å². The molecule has 42 heavy (non-hydrogen) atoms. The zero-order valence-corrected chi connectivity index (χ0v) is 24.1. The van der Waals surface area contributed by atoms with Gasteiger partial charge in [-0.25, -0.2) is 8.42 Å². The van der Waals surface area contributed by atoms with Gasteiger partial charge in [0, 0.05) is 46.4 Å². The molecule has 5 aromatic rings. The second kappa shape index (κ2) is 11.7. The van der Waals surface area contributed by atoms with Gasteiger partial charge in [-0.1, -0.05) is 61.0 Å². The third-order valence-electron chi connectivity index (χ3n) is 7.52. The van der Waals surface area contributed by atoms with Crippen molar-refractivity contribution in [2.45, 2.75) is 31.1 Å². The highest BCUT2D eigenvalue weighted by molar-refractivity contribution is 7.89. The molecule has 0 bridgehead atoms. The molecule has 0 atom stereocenters. The number of fused-ring (bicyclic) bond motifs is 1. The Balaban J connectivity index is 1.28. The number of sulfonamides is 1. The van der Waals surface area contributed by atoms with Gasteiger partial charge in [0.15, 0.2) is 5.82 Å². The molecule has 9 heteroatoms. The number of benzene rings is 4. The Morgan fingerprint density at radius 2 is 1.45 bits per heavy atom. The van der Waals surface area contributed by atoms with Gasteiger partial charge in [0.05, 0.1) is 4.90 Å². The van der Waals surface area contributed by atoms with Crippen LogP contribution in [0.1, 0.15) is 35.2 Å². The molecule has 0 saturated carbocycles. The lowest BCUT2D eigenvalue weighted by Crippen LogP contribution is -2.35. The number of aryl methyl sites for hydroxylation is 1. The summed E-state index contributed by atoms with van der Waals surface area (Å²) in [6, 6.07) is 29.7. The molecule has 6 rings (SSSR count). The molecular weight excluding hydrogens is 546 g/mol. The van der Waals surface area contributed by atoms with Gasteiger partial charge in [0.1, 0.15) is 5.69 Å². The molecule has 1 aromatic heterocycles. The van der Waals surface area contributed by atoms with E-state index in [2.05, 4.69) is 20.8 Å². The first-order chi connectivity index (χ1) is 20.4. The van der Waals surface area contributed by atoms with E-state index < -0.39 is 10.0 Å². The molecule has 0 aliphatic carbocycles. The number of anilines is 3. The van der Waals surface area contributed by atoms with E-state index in [1.54, 1.807) is 22.5 Å². The number of nitrogens with one attached hydrogen (secondary N) is 2. The van der Waals surface area contributed by atoms with E-state index in [4.69, 9.17) is 0 Å². The Hall–Kier alpha value is -4.60. The van der Waals surface area contributed by atoms with E-state index in [0.29, 0.717) is 46.2 Å². The summed E-state index contributed by atoms with van der Waals surface area (Å²) in [5.74, 6) is 0.367. The van der Waals surface area contributed by atoms with Crippen molar-refractivity contribution < 1.29 is 13.2 Å².